The number of quaternary nitrogens is 1. The van der Waals surface area contributed by atoms with Gasteiger partial charge in [0.05, 0.1) is 18.1 Å². The molecule has 0 aliphatic carbocycles. The topological polar surface area (TPSA) is 52.2 Å². The van der Waals surface area contributed by atoms with Crippen LogP contribution in [0.25, 0.3) is 0 Å². The van der Waals surface area contributed by atoms with E-state index in [9.17, 15) is 9.90 Å². The van der Waals surface area contributed by atoms with E-state index in [1.807, 2.05) is 27.7 Å². The summed E-state index contributed by atoms with van der Waals surface area (Å²) in [5.74, 6) is 0. The Balaban J connectivity index is 2.98. The fourth-order valence-corrected chi connectivity index (χ4v) is 2.17. The molecule has 2 atom stereocenters. The molecule has 1 saturated heterocycles. The van der Waals surface area contributed by atoms with E-state index in [1.165, 1.54) is 0 Å². The lowest BCUT2D eigenvalue weighted by molar-refractivity contribution is -0.923. The van der Waals surface area contributed by atoms with Crippen LogP contribution in [0.3, 0.4) is 0 Å². The van der Waals surface area contributed by atoms with Crippen LogP contribution in [0.2, 0.25) is 0 Å². The summed E-state index contributed by atoms with van der Waals surface area (Å²) in [5, 5.41) is 14.6. The first-order chi connectivity index (χ1) is 6.29. The van der Waals surface area contributed by atoms with E-state index in [0.29, 0.717) is 13.1 Å². The van der Waals surface area contributed by atoms with Crippen molar-refractivity contribution in [1.82, 2.24) is 5.32 Å². The highest BCUT2D eigenvalue weighted by atomic mass is 16.4. The van der Waals surface area contributed by atoms with Crippen molar-refractivity contribution in [2.24, 2.45) is 0 Å². The largest absolute Gasteiger partial charge is 0.498 e. The first kappa shape index (κ1) is 11.5. The summed E-state index contributed by atoms with van der Waals surface area (Å²) in [6.07, 6.45) is -0.953. The van der Waals surface area contributed by atoms with Gasteiger partial charge in [-0.05, 0) is 27.7 Å². The number of amides is 1. The summed E-state index contributed by atoms with van der Waals surface area (Å²) in [6, 6.07) is 0.237. The molecule has 1 aliphatic rings. The summed E-state index contributed by atoms with van der Waals surface area (Å²) in [6.45, 7) is 9.85. The van der Waals surface area contributed by atoms with Crippen molar-refractivity contribution < 1.29 is 14.4 Å². The van der Waals surface area contributed by atoms with Crippen molar-refractivity contribution in [3.05, 3.63) is 0 Å². The normalized spacial score (nSPS) is 34.1. The summed E-state index contributed by atoms with van der Waals surface area (Å²) in [4.78, 5) is 11.3. The SMILES string of the molecule is C[C@@H]1C[N+](C(=O)[O-])(C(C)(C)C)CCN1. The molecule has 0 aromatic rings. The van der Waals surface area contributed by atoms with Gasteiger partial charge < -0.3 is 15.2 Å². The minimum atomic E-state index is -0.953. The number of piperazine rings is 1. The Morgan fingerprint density at radius 2 is 2.07 bits per heavy atom. The molecule has 0 spiro atoms. The van der Waals surface area contributed by atoms with E-state index < -0.39 is 6.09 Å². The molecule has 14 heavy (non-hydrogen) atoms. The van der Waals surface area contributed by atoms with Crippen LogP contribution < -0.4 is 10.4 Å². The van der Waals surface area contributed by atoms with Gasteiger partial charge in [0, 0.05) is 6.54 Å². The number of nitrogens with one attached hydrogen (secondary N) is 1. The smallest absolute Gasteiger partial charge is 0.257 e. The lowest BCUT2D eigenvalue weighted by Crippen LogP contribution is -2.74. The maximum Gasteiger partial charge on any atom is 0.257 e. The van der Waals surface area contributed by atoms with Crippen LogP contribution in [0, 0.1) is 0 Å². The predicted octanol–water partition coefficient (Wildman–Crippen LogP) is -0.0633. The second kappa shape index (κ2) is 3.51. The maximum atomic E-state index is 11.3. The minimum absolute atomic E-state index is 0.0567. The molecule has 0 radical (unpaired) electrons. The van der Waals surface area contributed by atoms with Crippen molar-refractivity contribution in [3.8, 4) is 0 Å². The van der Waals surface area contributed by atoms with Crippen LogP contribution in [-0.2, 0) is 0 Å². The third kappa shape index (κ3) is 1.77. The van der Waals surface area contributed by atoms with Crippen molar-refractivity contribution >= 4 is 6.09 Å². The van der Waals surface area contributed by atoms with Gasteiger partial charge in [-0.1, -0.05) is 0 Å². The van der Waals surface area contributed by atoms with Gasteiger partial charge in [0.2, 0.25) is 0 Å². The van der Waals surface area contributed by atoms with Crippen molar-refractivity contribution in [2.45, 2.75) is 39.3 Å². The van der Waals surface area contributed by atoms with Gasteiger partial charge >= 0.3 is 0 Å². The molecule has 0 bridgehead atoms. The first-order valence-electron chi connectivity index (χ1n) is 5.12. The average Bonchev–Trinajstić information content (AvgIpc) is 2.01. The third-order valence-corrected chi connectivity index (χ3v) is 3.21. The standard InChI is InChI=1S/C10H20N2O2/c1-8-7-12(9(13)14,6-5-11-8)10(2,3)4/h8,11H,5-7H2,1-4H3/t8-,12?/m1/s1. The Labute approximate surface area is 85.5 Å². The number of hydrogen-bond donors (Lipinski definition) is 1. The Bertz CT molecular complexity index is 235. The Hall–Kier alpha value is -0.610. The molecular formula is C10H20N2O2. The number of hydrogen-bond acceptors (Lipinski definition) is 3. The monoisotopic (exact) mass is 200 g/mol. The number of rotatable bonds is 0. The van der Waals surface area contributed by atoms with Gasteiger partial charge in [-0.25, -0.2) is 0 Å². The quantitative estimate of drug-likeness (QED) is 0.557. The van der Waals surface area contributed by atoms with Gasteiger partial charge in [-0.2, -0.15) is 0 Å². The molecule has 4 nitrogen and oxygen atoms in total. The molecule has 1 fully saturated rings. The number of carboxylic acid groups (broad SMARTS) is 1. The number of nitrogens with zero attached hydrogens (tertiary/aromatic N) is 1. The highest BCUT2D eigenvalue weighted by Crippen LogP contribution is 2.26. The molecule has 0 aromatic carbocycles. The second-order valence-corrected chi connectivity index (χ2v) is 5.17. The average molecular weight is 200 g/mol. The van der Waals surface area contributed by atoms with Crippen LogP contribution in [0.5, 0.6) is 0 Å². The zero-order chi connectivity index (χ0) is 11.0. The summed E-state index contributed by atoms with van der Waals surface area (Å²) in [5.41, 5.74) is -0.296. The molecule has 4 heteroatoms. The van der Waals surface area contributed by atoms with E-state index >= 15 is 0 Å². The summed E-state index contributed by atoms with van der Waals surface area (Å²) >= 11 is 0. The summed E-state index contributed by atoms with van der Waals surface area (Å²) < 4.78 is 0.0567. The molecule has 1 aliphatic heterocycles. The van der Waals surface area contributed by atoms with Crippen LogP contribution in [-0.4, -0.2) is 41.8 Å². The van der Waals surface area contributed by atoms with E-state index in [-0.39, 0.29) is 16.1 Å². The highest BCUT2D eigenvalue weighted by molar-refractivity contribution is 5.55. The maximum absolute atomic E-state index is 11.3. The Morgan fingerprint density at radius 3 is 2.36 bits per heavy atom. The zero-order valence-electron chi connectivity index (χ0n) is 9.46. The van der Waals surface area contributed by atoms with Crippen LogP contribution in [0.15, 0.2) is 0 Å². The first-order valence-corrected chi connectivity index (χ1v) is 5.12. The van der Waals surface area contributed by atoms with Gasteiger partial charge in [0.1, 0.15) is 6.54 Å². The van der Waals surface area contributed by atoms with E-state index in [4.69, 9.17) is 0 Å². The molecule has 0 aromatic heterocycles. The molecular weight excluding hydrogens is 180 g/mol. The molecule has 1 unspecified atom stereocenters. The fraction of sp³-hybridized carbons (Fsp3) is 0.900. The Kier molecular flexibility index (Phi) is 2.88. The molecule has 1 amide bonds. The molecule has 1 rings (SSSR count). The van der Waals surface area contributed by atoms with Crippen molar-refractivity contribution in [1.29, 1.82) is 0 Å². The van der Waals surface area contributed by atoms with Crippen LogP contribution in [0.4, 0.5) is 4.79 Å². The van der Waals surface area contributed by atoms with Gasteiger partial charge in [0.15, 0.2) is 0 Å². The van der Waals surface area contributed by atoms with Crippen LogP contribution in [0.1, 0.15) is 27.7 Å². The number of carbonyl (C=O) groups excluding carboxylic acids is 1. The lowest BCUT2D eigenvalue weighted by Gasteiger charge is -2.51. The van der Waals surface area contributed by atoms with E-state index in [0.717, 1.165) is 6.54 Å². The third-order valence-electron chi connectivity index (χ3n) is 3.21. The Morgan fingerprint density at radius 1 is 1.50 bits per heavy atom. The van der Waals surface area contributed by atoms with Crippen molar-refractivity contribution in [3.63, 3.8) is 0 Å². The predicted molar refractivity (Wildman–Crippen MR) is 52.6 cm³/mol. The van der Waals surface area contributed by atoms with Gasteiger partial charge in [-0.15, -0.1) is 0 Å². The minimum Gasteiger partial charge on any atom is -0.498 e. The molecule has 1 heterocycles. The fourth-order valence-electron chi connectivity index (χ4n) is 2.17. The molecule has 1 N–H and O–H groups in total. The molecule has 0 saturated carbocycles. The zero-order valence-corrected chi connectivity index (χ0v) is 9.46. The van der Waals surface area contributed by atoms with E-state index in [2.05, 4.69) is 5.32 Å². The highest BCUT2D eigenvalue weighted by Gasteiger charge is 2.45. The summed E-state index contributed by atoms with van der Waals surface area (Å²) in [7, 11) is 0. The van der Waals surface area contributed by atoms with E-state index in [1.54, 1.807) is 0 Å². The number of carbonyl (C=O) groups is 1. The van der Waals surface area contributed by atoms with Gasteiger partial charge in [0.25, 0.3) is 6.09 Å². The lowest BCUT2D eigenvalue weighted by atomic mass is 9.98. The van der Waals surface area contributed by atoms with Gasteiger partial charge in [-0.3, -0.25) is 4.48 Å². The molecule has 82 valence electrons. The second-order valence-electron chi connectivity index (χ2n) is 5.17. The van der Waals surface area contributed by atoms with Crippen LogP contribution >= 0.6 is 0 Å². The van der Waals surface area contributed by atoms with Crippen molar-refractivity contribution in [2.75, 3.05) is 19.6 Å².